The number of benzene rings is 2. The zero-order valence-corrected chi connectivity index (χ0v) is 16.3. The van der Waals surface area contributed by atoms with Crippen molar-refractivity contribution in [3.8, 4) is 0 Å². The Hall–Kier alpha value is -1.97. The molecule has 3 nitrogen and oxygen atoms in total. The Kier molecular flexibility index (Phi) is 7.55. The molecule has 0 saturated heterocycles. The fraction of sp³-hybridized carbons (Fsp3) is 0.364. The molecule has 0 spiro atoms. The van der Waals surface area contributed by atoms with E-state index < -0.39 is 5.92 Å². The van der Waals surface area contributed by atoms with Crippen molar-refractivity contribution in [2.75, 3.05) is 0 Å². The first-order valence-electron chi connectivity index (χ1n) is 9.06. The lowest BCUT2D eigenvalue weighted by Gasteiger charge is -2.27. The van der Waals surface area contributed by atoms with Gasteiger partial charge < -0.3 is 5.32 Å². The highest BCUT2D eigenvalue weighted by Crippen LogP contribution is 2.27. The van der Waals surface area contributed by atoms with Crippen LogP contribution in [0.15, 0.2) is 48.5 Å². The molecule has 0 radical (unpaired) electrons. The van der Waals surface area contributed by atoms with Crippen molar-refractivity contribution >= 4 is 23.2 Å². The first-order valence-corrected chi connectivity index (χ1v) is 9.43. The third kappa shape index (κ3) is 5.26. The Morgan fingerprint density at radius 2 is 1.46 bits per heavy atom. The molecule has 0 aliphatic rings. The predicted molar refractivity (Wildman–Crippen MR) is 106 cm³/mol. The van der Waals surface area contributed by atoms with Crippen molar-refractivity contribution in [1.82, 2.24) is 5.32 Å². The van der Waals surface area contributed by atoms with E-state index in [2.05, 4.69) is 5.32 Å². The predicted octanol–water partition coefficient (Wildman–Crippen LogP) is 5.05. The van der Waals surface area contributed by atoms with Gasteiger partial charge in [0.25, 0.3) is 0 Å². The van der Waals surface area contributed by atoms with E-state index in [1.54, 1.807) is 0 Å². The Labute approximate surface area is 160 Å². The maximum atomic E-state index is 12.6. The number of hydrogen-bond acceptors (Lipinski definition) is 3. The molecule has 2 aromatic rings. The summed E-state index contributed by atoms with van der Waals surface area (Å²) in [5.74, 6) is -0.711. The molecule has 1 unspecified atom stereocenters. The third-order valence-electron chi connectivity index (χ3n) is 4.60. The number of carbonyl (C=O) groups is 2. The van der Waals surface area contributed by atoms with Gasteiger partial charge in [0.15, 0.2) is 0 Å². The fourth-order valence-corrected chi connectivity index (χ4v) is 3.15. The Bertz CT molecular complexity index is 722. The standard InChI is InChI=1S/C22H26ClNO2/c1-4-19(25)21(20(26)5-2)22(17-10-6-15(3)7-11-17)24-14-16-8-12-18(23)13-9-16/h6-13,21-22,24H,4-5,14H2,1-3H3. The van der Waals surface area contributed by atoms with Crippen LogP contribution in [0.1, 0.15) is 49.4 Å². The van der Waals surface area contributed by atoms with Crippen LogP contribution in [0.5, 0.6) is 0 Å². The summed E-state index contributed by atoms with van der Waals surface area (Å²) < 4.78 is 0. The molecule has 2 rings (SSSR count). The molecule has 4 heteroatoms. The van der Waals surface area contributed by atoms with Gasteiger partial charge in [-0.2, -0.15) is 0 Å². The molecule has 26 heavy (non-hydrogen) atoms. The maximum Gasteiger partial charge on any atom is 0.144 e. The van der Waals surface area contributed by atoms with Crippen LogP contribution in [0.3, 0.4) is 0 Å². The van der Waals surface area contributed by atoms with Crippen molar-refractivity contribution in [3.05, 3.63) is 70.2 Å². The van der Waals surface area contributed by atoms with E-state index in [1.165, 1.54) is 0 Å². The topological polar surface area (TPSA) is 46.2 Å². The first kappa shape index (κ1) is 20.3. The summed E-state index contributed by atoms with van der Waals surface area (Å²) in [6, 6.07) is 15.2. The fourth-order valence-electron chi connectivity index (χ4n) is 3.02. The van der Waals surface area contributed by atoms with E-state index in [-0.39, 0.29) is 17.6 Å². The molecule has 0 amide bonds. The number of halogens is 1. The zero-order valence-electron chi connectivity index (χ0n) is 15.6. The first-order chi connectivity index (χ1) is 12.5. The number of Topliss-reactive ketones (excluding diaryl/α,β-unsaturated/α-hetero) is 2. The number of ketones is 2. The van der Waals surface area contributed by atoms with Gasteiger partial charge in [0.05, 0.1) is 5.92 Å². The van der Waals surface area contributed by atoms with E-state index in [4.69, 9.17) is 11.6 Å². The summed E-state index contributed by atoms with van der Waals surface area (Å²) in [4.78, 5) is 25.1. The number of aryl methyl sites for hydroxylation is 1. The molecule has 2 aromatic carbocycles. The summed E-state index contributed by atoms with van der Waals surface area (Å²) >= 11 is 5.95. The molecule has 138 valence electrons. The Balaban J connectivity index is 2.33. The van der Waals surface area contributed by atoms with Crippen LogP contribution in [0.2, 0.25) is 5.02 Å². The molecule has 1 N–H and O–H groups in total. The van der Waals surface area contributed by atoms with Crippen LogP contribution >= 0.6 is 11.6 Å². The van der Waals surface area contributed by atoms with Gasteiger partial charge in [0, 0.05) is 30.5 Å². The summed E-state index contributed by atoms with van der Waals surface area (Å²) in [5, 5.41) is 4.12. The number of rotatable bonds is 9. The van der Waals surface area contributed by atoms with E-state index in [0.717, 1.165) is 16.7 Å². The second-order valence-corrected chi connectivity index (χ2v) is 6.95. The van der Waals surface area contributed by atoms with Crippen LogP contribution in [-0.2, 0) is 16.1 Å². The molecule has 1 atom stereocenters. The lowest BCUT2D eigenvalue weighted by atomic mass is 9.84. The minimum absolute atomic E-state index is 0.0222. The molecular weight excluding hydrogens is 346 g/mol. The monoisotopic (exact) mass is 371 g/mol. The molecule has 0 aliphatic heterocycles. The van der Waals surface area contributed by atoms with Crippen molar-refractivity contribution in [2.24, 2.45) is 5.92 Å². The normalized spacial score (nSPS) is 12.2. The lowest BCUT2D eigenvalue weighted by molar-refractivity contribution is -0.133. The van der Waals surface area contributed by atoms with Gasteiger partial charge in [-0.1, -0.05) is 67.4 Å². The highest BCUT2D eigenvalue weighted by molar-refractivity contribution is 6.30. The largest absolute Gasteiger partial charge is 0.305 e. The summed E-state index contributed by atoms with van der Waals surface area (Å²) in [6.07, 6.45) is 0.697. The van der Waals surface area contributed by atoms with E-state index >= 15 is 0 Å². The van der Waals surface area contributed by atoms with Gasteiger partial charge in [-0.3, -0.25) is 9.59 Å². The second kappa shape index (κ2) is 9.65. The van der Waals surface area contributed by atoms with Crippen LogP contribution in [0, 0.1) is 12.8 Å². The SMILES string of the molecule is CCC(=O)C(C(=O)CC)C(NCc1ccc(Cl)cc1)c1ccc(C)cc1. The minimum atomic E-state index is -0.667. The smallest absolute Gasteiger partial charge is 0.144 e. The molecule has 0 aliphatic carbocycles. The van der Waals surface area contributed by atoms with Crippen molar-refractivity contribution in [1.29, 1.82) is 0 Å². The van der Waals surface area contributed by atoms with Gasteiger partial charge in [-0.05, 0) is 30.2 Å². The molecule has 0 bridgehead atoms. The number of hydrogen-bond donors (Lipinski definition) is 1. The Morgan fingerprint density at radius 3 is 1.96 bits per heavy atom. The molecule has 0 aromatic heterocycles. The van der Waals surface area contributed by atoms with E-state index in [9.17, 15) is 9.59 Å². The summed E-state index contributed by atoms with van der Waals surface area (Å²) in [5.41, 5.74) is 3.15. The average molecular weight is 372 g/mol. The quantitative estimate of drug-likeness (QED) is 0.627. The van der Waals surface area contributed by atoms with E-state index in [1.807, 2.05) is 69.3 Å². The summed E-state index contributed by atoms with van der Waals surface area (Å²) in [6.45, 7) is 6.19. The van der Waals surface area contributed by atoms with E-state index in [0.29, 0.717) is 24.4 Å². The van der Waals surface area contributed by atoms with Crippen molar-refractivity contribution < 1.29 is 9.59 Å². The van der Waals surface area contributed by atoms with Crippen LogP contribution < -0.4 is 5.32 Å². The Morgan fingerprint density at radius 1 is 0.923 bits per heavy atom. The maximum absolute atomic E-state index is 12.6. The third-order valence-corrected chi connectivity index (χ3v) is 4.85. The zero-order chi connectivity index (χ0) is 19.1. The molecule has 0 saturated carbocycles. The average Bonchev–Trinajstić information content (AvgIpc) is 2.66. The summed E-state index contributed by atoms with van der Waals surface area (Å²) in [7, 11) is 0. The highest BCUT2D eigenvalue weighted by atomic mass is 35.5. The van der Waals surface area contributed by atoms with Crippen LogP contribution in [0.4, 0.5) is 0 Å². The van der Waals surface area contributed by atoms with Gasteiger partial charge in [-0.15, -0.1) is 0 Å². The van der Waals surface area contributed by atoms with Gasteiger partial charge >= 0.3 is 0 Å². The van der Waals surface area contributed by atoms with Crippen LogP contribution in [-0.4, -0.2) is 11.6 Å². The molecular formula is C22H26ClNO2. The minimum Gasteiger partial charge on any atom is -0.305 e. The molecule has 0 fully saturated rings. The van der Waals surface area contributed by atoms with Crippen molar-refractivity contribution in [3.63, 3.8) is 0 Å². The number of nitrogens with one attached hydrogen (secondary N) is 1. The molecule has 0 heterocycles. The van der Waals surface area contributed by atoms with Gasteiger partial charge in [0.1, 0.15) is 11.6 Å². The highest BCUT2D eigenvalue weighted by Gasteiger charge is 2.33. The number of carbonyl (C=O) groups excluding carboxylic acids is 2. The van der Waals surface area contributed by atoms with Gasteiger partial charge in [-0.25, -0.2) is 0 Å². The lowest BCUT2D eigenvalue weighted by Crippen LogP contribution is -2.37. The van der Waals surface area contributed by atoms with Crippen LogP contribution in [0.25, 0.3) is 0 Å². The van der Waals surface area contributed by atoms with Gasteiger partial charge in [0.2, 0.25) is 0 Å². The second-order valence-electron chi connectivity index (χ2n) is 6.51. The van der Waals surface area contributed by atoms with Crippen molar-refractivity contribution in [2.45, 2.75) is 46.2 Å².